The molecule has 2 N–H and O–H groups in total. The van der Waals surface area contributed by atoms with E-state index in [-0.39, 0.29) is 0 Å². The van der Waals surface area contributed by atoms with Gasteiger partial charge in [-0.05, 0) is 36.4 Å². The minimum Gasteiger partial charge on any atom is -0.342 e. The number of benzene rings is 2. The van der Waals surface area contributed by atoms with Gasteiger partial charge in [0.05, 0.1) is 22.1 Å². The minimum absolute atomic E-state index is 0.726. The van der Waals surface area contributed by atoms with E-state index in [0.717, 1.165) is 68.1 Å². The fourth-order valence-corrected chi connectivity index (χ4v) is 3.97. The SMILES string of the molecule is Clc1ccc2nc(CCSCCc3nc4ccc(Cl)cc4[nH]3)[nH]c2c1. The number of rotatable bonds is 6. The Morgan fingerprint density at radius 2 is 1.24 bits per heavy atom. The molecule has 128 valence electrons. The third kappa shape index (κ3) is 3.94. The lowest BCUT2D eigenvalue weighted by Crippen LogP contribution is -1.95. The van der Waals surface area contributed by atoms with E-state index in [2.05, 4.69) is 19.9 Å². The summed E-state index contributed by atoms with van der Waals surface area (Å²) in [6.07, 6.45) is 1.82. The standard InChI is InChI=1S/C18H16Cl2N4S/c19-11-1-3-13-15(9-11)23-17(21-13)5-7-25-8-6-18-22-14-4-2-12(20)10-16(14)24-18/h1-4,9-10H,5-8H2,(H,21,23)(H,22,24). The molecular formula is C18H16Cl2N4S. The Balaban J connectivity index is 1.28. The highest BCUT2D eigenvalue weighted by Crippen LogP contribution is 2.19. The molecule has 0 amide bonds. The molecule has 2 aromatic heterocycles. The monoisotopic (exact) mass is 390 g/mol. The molecule has 0 saturated heterocycles. The maximum absolute atomic E-state index is 6.00. The van der Waals surface area contributed by atoms with E-state index < -0.39 is 0 Å². The number of fused-ring (bicyclic) bond motifs is 2. The van der Waals surface area contributed by atoms with E-state index in [1.807, 2.05) is 48.2 Å². The van der Waals surface area contributed by atoms with Gasteiger partial charge in [0.1, 0.15) is 11.6 Å². The van der Waals surface area contributed by atoms with Gasteiger partial charge < -0.3 is 9.97 Å². The molecule has 0 aliphatic carbocycles. The van der Waals surface area contributed by atoms with Crippen molar-refractivity contribution in [3.8, 4) is 0 Å². The summed E-state index contributed by atoms with van der Waals surface area (Å²) in [5, 5.41) is 1.45. The van der Waals surface area contributed by atoms with Crippen molar-refractivity contribution in [2.45, 2.75) is 12.8 Å². The van der Waals surface area contributed by atoms with Crippen molar-refractivity contribution in [3.05, 3.63) is 58.1 Å². The number of imidazole rings is 2. The van der Waals surface area contributed by atoms with Gasteiger partial charge >= 0.3 is 0 Å². The van der Waals surface area contributed by atoms with Crippen molar-refractivity contribution in [1.29, 1.82) is 0 Å². The predicted octanol–water partition coefficient (Wildman–Crippen LogP) is 5.26. The van der Waals surface area contributed by atoms with Crippen LogP contribution in [-0.2, 0) is 12.8 Å². The van der Waals surface area contributed by atoms with Gasteiger partial charge in [-0.2, -0.15) is 11.8 Å². The Morgan fingerprint density at radius 3 is 1.72 bits per heavy atom. The van der Waals surface area contributed by atoms with Crippen molar-refractivity contribution < 1.29 is 0 Å². The van der Waals surface area contributed by atoms with Gasteiger partial charge in [0, 0.05) is 34.4 Å². The molecular weight excluding hydrogens is 375 g/mol. The second-order valence-electron chi connectivity index (χ2n) is 5.80. The van der Waals surface area contributed by atoms with E-state index in [1.165, 1.54) is 0 Å². The van der Waals surface area contributed by atoms with Crippen molar-refractivity contribution >= 4 is 57.0 Å². The second-order valence-corrected chi connectivity index (χ2v) is 7.90. The molecule has 0 bridgehead atoms. The lowest BCUT2D eigenvalue weighted by molar-refractivity contribution is 0.993. The van der Waals surface area contributed by atoms with E-state index in [4.69, 9.17) is 23.2 Å². The van der Waals surface area contributed by atoms with Crippen LogP contribution < -0.4 is 0 Å². The highest BCUT2D eigenvalue weighted by atomic mass is 35.5. The van der Waals surface area contributed by atoms with Crippen LogP contribution in [0.2, 0.25) is 10.0 Å². The molecule has 7 heteroatoms. The Morgan fingerprint density at radius 1 is 0.760 bits per heavy atom. The number of thioether (sulfide) groups is 1. The summed E-state index contributed by atoms with van der Waals surface area (Å²) in [7, 11) is 0. The average Bonchev–Trinajstić information content (AvgIpc) is 3.16. The fourth-order valence-electron chi connectivity index (χ4n) is 2.75. The molecule has 4 aromatic rings. The second kappa shape index (κ2) is 7.28. The molecule has 0 aliphatic heterocycles. The Hall–Kier alpha value is -1.69. The molecule has 0 spiro atoms. The lowest BCUT2D eigenvalue weighted by Gasteiger charge is -1.98. The first kappa shape index (κ1) is 16.8. The lowest BCUT2D eigenvalue weighted by atomic mass is 10.3. The van der Waals surface area contributed by atoms with Crippen molar-refractivity contribution in [2.24, 2.45) is 0 Å². The summed E-state index contributed by atoms with van der Waals surface area (Å²) in [5.74, 6) is 4.03. The third-order valence-electron chi connectivity index (χ3n) is 3.95. The van der Waals surface area contributed by atoms with E-state index in [0.29, 0.717) is 0 Å². The summed E-state index contributed by atoms with van der Waals surface area (Å²) < 4.78 is 0. The number of hydrogen-bond donors (Lipinski definition) is 2. The van der Waals surface area contributed by atoms with Gasteiger partial charge in [0.2, 0.25) is 0 Å². The average molecular weight is 391 g/mol. The van der Waals surface area contributed by atoms with Crippen LogP contribution in [0.4, 0.5) is 0 Å². The molecule has 0 radical (unpaired) electrons. The van der Waals surface area contributed by atoms with Gasteiger partial charge in [-0.1, -0.05) is 23.2 Å². The van der Waals surface area contributed by atoms with Gasteiger partial charge in [0.25, 0.3) is 0 Å². The zero-order chi connectivity index (χ0) is 17.2. The first-order valence-corrected chi connectivity index (χ1v) is 9.94. The van der Waals surface area contributed by atoms with E-state index in [1.54, 1.807) is 0 Å². The molecule has 0 unspecified atom stereocenters. The molecule has 0 aliphatic rings. The first-order valence-electron chi connectivity index (χ1n) is 8.03. The van der Waals surface area contributed by atoms with Crippen LogP contribution in [-0.4, -0.2) is 31.4 Å². The largest absolute Gasteiger partial charge is 0.342 e. The van der Waals surface area contributed by atoms with Crippen LogP contribution in [0.5, 0.6) is 0 Å². The molecule has 2 heterocycles. The van der Waals surface area contributed by atoms with E-state index in [9.17, 15) is 0 Å². The van der Waals surface area contributed by atoms with Crippen LogP contribution in [0.1, 0.15) is 11.6 Å². The number of nitrogens with zero attached hydrogens (tertiary/aromatic N) is 2. The summed E-state index contributed by atoms with van der Waals surface area (Å²) in [6, 6.07) is 11.4. The van der Waals surface area contributed by atoms with Crippen molar-refractivity contribution in [1.82, 2.24) is 19.9 Å². The molecule has 4 rings (SSSR count). The van der Waals surface area contributed by atoms with Gasteiger partial charge in [-0.15, -0.1) is 0 Å². The first-order chi connectivity index (χ1) is 12.2. The van der Waals surface area contributed by atoms with E-state index >= 15 is 0 Å². The smallest absolute Gasteiger partial charge is 0.108 e. The summed E-state index contributed by atoms with van der Waals surface area (Å²) in [5.41, 5.74) is 3.91. The topological polar surface area (TPSA) is 57.4 Å². The Labute approximate surface area is 159 Å². The normalized spacial score (nSPS) is 11.6. The zero-order valence-corrected chi connectivity index (χ0v) is 15.7. The summed E-state index contributed by atoms with van der Waals surface area (Å²) in [6.45, 7) is 0. The number of H-pyrrole nitrogens is 2. The zero-order valence-electron chi connectivity index (χ0n) is 13.4. The van der Waals surface area contributed by atoms with Crippen LogP contribution in [0.15, 0.2) is 36.4 Å². The molecule has 0 fully saturated rings. The van der Waals surface area contributed by atoms with Crippen LogP contribution in [0.25, 0.3) is 22.1 Å². The van der Waals surface area contributed by atoms with Crippen molar-refractivity contribution in [2.75, 3.05) is 11.5 Å². The maximum Gasteiger partial charge on any atom is 0.108 e. The summed E-state index contributed by atoms with van der Waals surface area (Å²) >= 11 is 13.9. The number of aryl methyl sites for hydroxylation is 2. The molecule has 2 aromatic carbocycles. The quantitative estimate of drug-likeness (QED) is 0.441. The number of aromatic amines is 2. The predicted molar refractivity (Wildman–Crippen MR) is 107 cm³/mol. The highest BCUT2D eigenvalue weighted by molar-refractivity contribution is 7.99. The number of aromatic nitrogens is 4. The maximum atomic E-state index is 6.00. The molecule has 0 saturated carbocycles. The van der Waals surface area contributed by atoms with Gasteiger partial charge in [0.15, 0.2) is 0 Å². The fraction of sp³-hybridized carbons (Fsp3) is 0.222. The number of nitrogens with one attached hydrogen (secondary N) is 2. The Kier molecular flexibility index (Phi) is 4.88. The number of hydrogen-bond acceptors (Lipinski definition) is 3. The molecule has 4 nitrogen and oxygen atoms in total. The molecule has 0 atom stereocenters. The van der Waals surface area contributed by atoms with Crippen LogP contribution in [0.3, 0.4) is 0 Å². The van der Waals surface area contributed by atoms with Gasteiger partial charge in [-0.25, -0.2) is 9.97 Å². The summed E-state index contributed by atoms with van der Waals surface area (Å²) in [4.78, 5) is 15.8. The minimum atomic E-state index is 0.726. The van der Waals surface area contributed by atoms with Crippen molar-refractivity contribution in [3.63, 3.8) is 0 Å². The third-order valence-corrected chi connectivity index (χ3v) is 5.41. The Bertz CT molecular complexity index is 942. The van der Waals surface area contributed by atoms with Gasteiger partial charge in [-0.3, -0.25) is 0 Å². The number of halogens is 2. The van der Waals surface area contributed by atoms with Crippen LogP contribution in [0, 0.1) is 0 Å². The van der Waals surface area contributed by atoms with Crippen LogP contribution >= 0.6 is 35.0 Å². The highest BCUT2D eigenvalue weighted by Gasteiger charge is 2.05. The molecule has 25 heavy (non-hydrogen) atoms.